The predicted octanol–water partition coefficient (Wildman–Crippen LogP) is 3.33. The number of ether oxygens (including phenoxy) is 2. The fourth-order valence-electron chi connectivity index (χ4n) is 3.04. The summed E-state index contributed by atoms with van der Waals surface area (Å²) in [7, 11) is 0. The van der Waals surface area contributed by atoms with Gasteiger partial charge in [0.2, 0.25) is 5.78 Å². The molecule has 0 fully saturated rings. The molecule has 3 heteroatoms. The summed E-state index contributed by atoms with van der Waals surface area (Å²) in [6.07, 6.45) is 3.64. The number of carbonyl (C=O) groups is 1. The maximum absolute atomic E-state index is 11.5. The summed E-state index contributed by atoms with van der Waals surface area (Å²) in [4.78, 5) is 11.5. The molecule has 0 bridgehead atoms. The Hall–Kier alpha value is -2.29. The van der Waals surface area contributed by atoms with Crippen molar-refractivity contribution in [2.75, 3.05) is 6.61 Å². The van der Waals surface area contributed by atoms with Gasteiger partial charge in [0.1, 0.15) is 18.1 Å². The molecule has 0 aromatic heterocycles. The summed E-state index contributed by atoms with van der Waals surface area (Å²) in [6, 6.07) is 12.0. The fourth-order valence-corrected chi connectivity index (χ4v) is 3.04. The van der Waals surface area contributed by atoms with E-state index in [-0.39, 0.29) is 12.4 Å². The van der Waals surface area contributed by atoms with Gasteiger partial charge in [-0.05, 0) is 48.1 Å². The second kappa shape index (κ2) is 4.92. The molecule has 1 aliphatic carbocycles. The van der Waals surface area contributed by atoms with Crippen LogP contribution in [0.2, 0.25) is 0 Å². The highest BCUT2D eigenvalue weighted by Crippen LogP contribution is 2.30. The lowest BCUT2D eigenvalue weighted by Crippen LogP contribution is -1.98. The van der Waals surface area contributed by atoms with Gasteiger partial charge in [0, 0.05) is 6.07 Å². The minimum absolute atomic E-state index is 0.0372. The summed E-state index contributed by atoms with van der Waals surface area (Å²) in [5.74, 6) is 1.41. The highest BCUT2D eigenvalue weighted by molar-refractivity contribution is 6.02. The molecule has 21 heavy (non-hydrogen) atoms. The Bertz CT molecular complexity index is 718. The SMILES string of the molecule is O=C1COc2cc(OCc3ccc4c(c3)CCC4)ccc21. The van der Waals surface area contributed by atoms with E-state index >= 15 is 0 Å². The van der Waals surface area contributed by atoms with Gasteiger partial charge < -0.3 is 9.47 Å². The molecule has 0 spiro atoms. The third kappa shape index (κ3) is 2.29. The number of carbonyl (C=O) groups excluding carboxylic acids is 1. The van der Waals surface area contributed by atoms with E-state index in [1.165, 1.54) is 36.0 Å². The standard InChI is InChI=1S/C18H16O3/c19-17-11-21-18-9-15(6-7-16(17)18)20-10-12-4-5-13-2-1-3-14(13)8-12/h4-9H,1-3,10-11H2. The maximum Gasteiger partial charge on any atom is 0.203 e. The first-order valence-electron chi connectivity index (χ1n) is 7.33. The van der Waals surface area contributed by atoms with Crippen LogP contribution >= 0.6 is 0 Å². The Morgan fingerprint density at radius 3 is 2.90 bits per heavy atom. The van der Waals surface area contributed by atoms with Gasteiger partial charge in [0.05, 0.1) is 5.56 Å². The van der Waals surface area contributed by atoms with Gasteiger partial charge in [-0.15, -0.1) is 0 Å². The van der Waals surface area contributed by atoms with Crippen LogP contribution in [0, 0.1) is 0 Å². The number of hydrogen-bond donors (Lipinski definition) is 0. The van der Waals surface area contributed by atoms with Gasteiger partial charge in [-0.2, -0.15) is 0 Å². The van der Waals surface area contributed by atoms with Crippen molar-refractivity contribution < 1.29 is 14.3 Å². The second-order valence-corrected chi connectivity index (χ2v) is 5.62. The van der Waals surface area contributed by atoms with Gasteiger partial charge in [0.15, 0.2) is 6.61 Å². The second-order valence-electron chi connectivity index (χ2n) is 5.62. The van der Waals surface area contributed by atoms with Crippen molar-refractivity contribution in [1.82, 2.24) is 0 Å². The number of Topliss-reactive ketones (excluding diaryl/α,β-unsaturated/α-hetero) is 1. The van der Waals surface area contributed by atoms with Crippen LogP contribution in [-0.2, 0) is 19.4 Å². The number of fused-ring (bicyclic) bond motifs is 2. The first-order valence-corrected chi connectivity index (χ1v) is 7.33. The van der Waals surface area contributed by atoms with Crippen LogP contribution in [0.25, 0.3) is 0 Å². The lowest BCUT2D eigenvalue weighted by Gasteiger charge is -2.09. The topological polar surface area (TPSA) is 35.5 Å². The van der Waals surface area contributed by atoms with Crippen molar-refractivity contribution in [2.45, 2.75) is 25.9 Å². The molecule has 0 saturated carbocycles. The normalized spacial score (nSPS) is 15.5. The van der Waals surface area contributed by atoms with Crippen LogP contribution in [-0.4, -0.2) is 12.4 Å². The zero-order valence-electron chi connectivity index (χ0n) is 11.7. The quantitative estimate of drug-likeness (QED) is 0.865. The molecule has 3 nitrogen and oxygen atoms in total. The summed E-state index contributed by atoms with van der Waals surface area (Å²) in [5.41, 5.74) is 4.77. The lowest BCUT2D eigenvalue weighted by atomic mass is 10.1. The molecule has 0 amide bonds. The largest absolute Gasteiger partial charge is 0.489 e. The Morgan fingerprint density at radius 2 is 1.95 bits per heavy atom. The highest BCUT2D eigenvalue weighted by atomic mass is 16.5. The highest BCUT2D eigenvalue weighted by Gasteiger charge is 2.21. The van der Waals surface area contributed by atoms with Crippen LogP contribution in [0.1, 0.15) is 33.5 Å². The number of ketones is 1. The van der Waals surface area contributed by atoms with Gasteiger partial charge in [-0.25, -0.2) is 0 Å². The van der Waals surface area contributed by atoms with Crippen LogP contribution in [0.15, 0.2) is 36.4 Å². The average molecular weight is 280 g/mol. The third-order valence-corrected chi connectivity index (χ3v) is 4.18. The monoisotopic (exact) mass is 280 g/mol. The maximum atomic E-state index is 11.5. The Balaban J connectivity index is 1.49. The van der Waals surface area contributed by atoms with Crippen molar-refractivity contribution >= 4 is 5.78 Å². The van der Waals surface area contributed by atoms with E-state index in [0.29, 0.717) is 17.9 Å². The molecule has 2 aliphatic rings. The Kier molecular flexibility index (Phi) is 2.92. The zero-order chi connectivity index (χ0) is 14.2. The lowest BCUT2D eigenvalue weighted by molar-refractivity contribution is 0.0961. The molecule has 0 radical (unpaired) electrons. The van der Waals surface area contributed by atoms with Gasteiger partial charge in [-0.1, -0.05) is 18.2 Å². The minimum atomic E-state index is 0.0372. The molecule has 0 N–H and O–H groups in total. The van der Waals surface area contributed by atoms with Crippen molar-refractivity contribution in [3.05, 3.63) is 58.7 Å². The van der Waals surface area contributed by atoms with Crippen LogP contribution in [0.3, 0.4) is 0 Å². The van der Waals surface area contributed by atoms with Gasteiger partial charge >= 0.3 is 0 Å². The molecule has 0 atom stereocenters. The smallest absolute Gasteiger partial charge is 0.203 e. The molecule has 2 aromatic carbocycles. The Labute approximate surface area is 123 Å². The average Bonchev–Trinajstić information content (AvgIpc) is 3.11. The molecule has 1 aliphatic heterocycles. The molecule has 4 rings (SSSR count). The van der Waals surface area contributed by atoms with E-state index in [0.717, 1.165) is 5.75 Å². The van der Waals surface area contributed by atoms with E-state index in [1.807, 2.05) is 6.07 Å². The van der Waals surface area contributed by atoms with Crippen molar-refractivity contribution in [1.29, 1.82) is 0 Å². The van der Waals surface area contributed by atoms with E-state index in [4.69, 9.17) is 9.47 Å². The predicted molar refractivity (Wildman–Crippen MR) is 79.1 cm³/mol. The van der Waals surface area contributed by atoms with Crippen LogP contribution < -0.4 is 9.47 Å². The fraction of sp³-hybridized carbons (Fsp3) is 0.278. The summed E-state index contributed by atoms with van der Waals surface area (Å²) in [6.45, 7) is 0.684. The molecule has 2 aromatic rings. The van der Waals surface area contributed by atoms with Crippen LogP contribution in [0.5, 0.6) is 11.5 Å². The van der Waals surface area contributed by atoms with Gasteiger partial charge in [0.25, 0.3) is 0 Å². The van der Waals surface area contributed by atoms with E-state index in [2.05, 4.69) is 18.2 Å². The summed E-state index contributed by atoms with van der Waals surface area (Å²) in [5, 5.41) is 0. The third-order valence-electron chi connectivity index (χ3n) is 4.18. The van der Waals surface area contributed by atoms with Crippen molar-refractivity contribution in [3.8, 4) is 11.5 Å². The van der Waals surface area contributed by atoms with E-state index in [1.54, 1.807) is 12.1 Å². The van der Waals surface area contributed by atoms with Crippen molar-refractivity contribution in [2.24, 2.45) is 0 Å². The Morgan fingerprint density at radius 1 is 1.05 bits per heavy atom. The minimum Gasteiger partial charge on any atom is -0.489 e. The molecule has 0 unspecified atom stereocenters. The molecule has 1 heterocycles. The molecule has 106 valence electrons. The first kappa shape index (κ1) is 12.5. The summed E-state index contributed by atoms with van der Waals surface area (Å²) >= 11 is 0. The van der Waals surface area contributed by atoms with Gasteiger partial charge in [-0.3, -0.25) is 4.79 Å². The van der Waals surface area contributed by atoms with Crippen molar-refractivity contribution in [3.63, 3.8) is 0 Å². The molecule has 0 saturated heterocycles. The number of benzene rings is 2. The van der Waals surface area contributed by atoms with E-state index in [9.17, 15) is 4.79 Å². The summed E-state index contributed by atoms with van der Waals surface area (Å²) < 4.78 is 11.2. The molecular weight excluding hydrogens is 264 g/mol. The number of hydrogen-bond acceptors (Lipinski definition) is 3. The zero-order valence-corrected chi connectivity index (χ0v) is 11.7. The number of rotatable bonds is 3. The first-order chi connectivity index (χ1) is 10.3. The number of aryl methyl sites for hydroxylation is 2. The van der Waals surface area contributed by atoms with E-state index < -0.39 is 0 Å². The van der Waals surface area contributed by atoms with Crippen LogP contribution in [0.4, 0.5) is 0 Å². The molecular formula is C18H16O3.